The Bertz CT molecular complexity index is 833. The molecule has 0 aromatic heterocycles. The second-order valence-electron chi connectivity index (χ2n) is 9.77. The summed E-state index contributed by atoms with van der Waals surface area (Å²) in [7, 11) is 0. The molecular formula is C23H30BrClN2O4. The number of nitrogens with one attached hydrogen (secondary N) is 2. The van der Waals surface area contributed by atoms with Crippen LogP contribution in [-0.4, -0.2) is 41.7 Å². The number of hydrogen-bond acceptors (Lipinski definition) is 4. The van der Waals surface area contributed by atoms with Gasteiger partial charge in [-0.3, -0.25) is 4.79 Å². The minimum absolute atomic E-state index is 0.103. The maximum atomic E-state index is 13.2. The molecule has 31 heavy (non-hydrogen) atoms. The van der Waals surface area contributed by atoms with Crippen molar-refractivity contribution in [2.75, 3.05) is 12.5 Å². The van der Waals surface area contributed by atoms with Crippen LogP contribution in [0, 0.1) is 17.8 Å². The molecule has 2 amide bonds. The SMILES string of the molecule is CC(C)(Oc1cccc(Br)c1)C(=O)N[C@H]1[C@@H]2CC3C[C@H]1C[C@](NC(=O)OCCCl)(C3)C2. The van der Waals surface area contributed by atoms with Gasteiger partial charge in [0.25, 0.3) is 5.91 Å². The van der Waals surface area contributed by atoms with Gasteiger partial charge in [-0.1, -0.05) is 22.0 Å². The number of amides is 2. The molecule has 4 aliphatic rings. The Morgan fingerprint density at radius 1 is 1.23 bits per heavy atom. The normalized spacial score (nSPS) is 31.2. The lowest BCUT2D eigenvalue weighted by Gasteiger charge is -2.60. The molecule has 5 atom stereocenters. The maximum Gasteiger partial charge on any atom is 0.407 e. The van der Waals surface area contributed by atoms with Crippen molar-refractivity contribution in [3.8, 4) is 5.75 Å². The second-order valence-corrected chi connectivity index (χ2v) is 11.1. The Kier molecular flexibility index (Phi) is 6.46. The van der Waals surface area contributed by atoms with Crippen LogP contribution in [0.3, 0.4) is 0 Å². The topological polar surface area (TPSA) is 76.7 Å². The molecule has 0 radical (unpaired) electrons. The highest BCUT2D eigenvalue weighted by atomic mass is 79.9. The molecule has 4 bridgehead atoms. The average molecular weight is 514 g/mol. The Morgan fingerprint density at radius 3 is 2.58 bits per heavy atom. The van der Waals surface area contributed by atoms with Crippen LogP contribution in [0.2, 0.25) is 0 Å². The summed E-state index contributed by atoms with van der Waals surface area (Å²) in [6.07, 6.45) is 4.53. The van der Waals surface area contributed by atoms with E-state index in [1.165, 1.54) is 0 Å². The van der Waals surface area contributed by atoms with Crippen molar-refractivity contribution in [2.45, 2.75) is 63.1 Å². The number of ether oxygens (including phenoxy) is 2. The van der Waals surface area contributed by atoms with E-state index in [-0.39, 0.29) is 30.2 Å². The number of halogens is 2. The highest BCUT2D eigenvalue weighted by molar-refractivity contribution is 9.10. The van der Waals surface area contributed by atoms with Crippen molar-refractivity contribution >= 4 is 39.5 Å². The van der Waals surface area contributed by atoms with E-state index in [0.717, 1.165) is 36.6 Å². The van der Waals surface area contributed by atoms with Gasteiger partial charge in [-0.15, -0.1) is 11.6 Å². The quantitative estimate of drug-likeness (QED) is 0.521. The van der Waals surface area contributed by atoms with E-state index in [4.69, 9.17) is 21.1 Å². The van der Waals surface area contributed by atoms with Crippen LogP contribution in [0.5, 0.6) is 5.75 Å². The molecule has 4 fully saturated rings. The van der Waals surface area contributed by atoms with Gasteiger partial charge in [0.15, 0.2) is 5.60 Å². The Hall–Kier alpha value is -1.47. The largest absolute Gasteiger partial charge is 0.478 e. The molecule has 0 aliphatic heterocycles. The fourth-order valence-electron chi connectivity index (χ4n) is 5.99. The molecule has 4 aliphatic carbocycles. The zero-order valence-corrected chi connectivity index (χ0v) is 20.3. The zero-order valence-electron chi connectivity index (χ0n) is 18.0. The summed E-state index contributed by atoms with van der Waals surface area (Å²) in [5, 5.41) is 6.44. The van der Waals surface area contributed by atoms with Crippen LogP contribution in [0.25, 0.3) is 0 Å². The summed E-state index contributed by atoms with van der Waals surface area (Å²) in [6.45, 7) is 3.82. The van der Waals surface area contributed by atoms with E-state index < -0.39 is 5.60 Å². The van der Waals surface area contributed by atoms with Crippen LogP contribution in [0.4, 0.5) is 4.79 Å². The van der Waals surface area contributed by atoms with Gasteiger partial charge in [-0.2, -0.15) is 0 Å². The smallest absolute Gasteiger partial charge is 0.407 e. The van der Waals surface area contributed by atoms with E-state index in [0.29, 0.717) is 29.4 Å². The molecule has 1 aromatic rings. The summed E-state index contributed by atoms with van der Waals surface area (Å²) in [5.74, 6) is 2.13. The first-order valence-corrected chi connectivity index (χ1v) is 12.3. The Labute approximate surface area is 196 Å². The molecule has 5 rings (SSSR count). The van der Waals surface area contributed by atoms with E-state index >= 15 is 0 Å². The molecule has 2 N–H and O–H groups in total. The molecular weight excluding hydrogens is 484 g/mol. The second kappa shape index (κ2) is 8.81. The van der Waals surface area contributed by atoms with Crippen LogP contribution in [0.15, 0.2) is 28.7 Å². The lowest BCUT2D eigenvalue weighted by atomic mass is 9.51. The summed E-state index contributed by atoms with van der Waals surface area (Å²) < 4.78 is 12.1. The van der Waals surface area contributed by atoms with Crippen LogP contribution >= 0.6 is 27.5 Å². The summed E-state index contributed by atoms with van der Waals surface area (Å²) in [5.41, 5.74) is -1.21. The van der Waals surface area contributed by atoms with Gasteiger partial charge < -0.3 is 20.1 Å². The predicted molar refractivity (Wildman–Crippen MR) is 122 cm³/mol. The van der Waals surface area contributed by atoms with Crippen molar-refractivity contribution in [3.05, 3.63) is 28.7 Å². The summed E-state index contributed by atoms with van der Waals surface area (Å²) >= 11 is 9.07. The van der Waals surface area contributed by atoms with Crippen molar-refractivity contribution in [2.24, 2.45) is 17.8 Å². The van der Waals surface area contributed by atoms with Crippen molar-refractivity contribution < 1.29 is 19.1 Å². The number of alkyl carbamates (subject to hydrolysis) is 1. The first-order chi connectivity index (χ1) is 14.7. The minimum Gasteiger partial charge on any atom is -0.478 e. The van der Waals surface area contributed by atoms with Gasteiger partial charge in [0.1, 0.15) is 12.4 Å². The molecule has 0 saturated heterocycles. The number of hydrogen-bond donors (Lipinski definition) is 2. The lowest BCUT2D eigenvalue weighted by Crippen LogP contribution is -2.67. The molecule has 0 spiro atoms. The van der Waals surface area contributed by atoms with Crippen LogP contribution in [0.1, 0.15) is 46.0 Å². The third-order valence-corrected chi connectivity index (χ3v) is 7.61. The molecule has 1 aromatic carbocycles. The van der Waals surface area contributed by atoms with Crippen LogP contribution in [-0.2, 0) is 9.53 Å². The highest BCUT2D eigenvalue weighted by Gasteiger charge is 2.56. The van der Waals surface area contributed by atoms with E-state index in [1.807, 2.05) is 24.3 Å². The number of carbonyl (C=O) groups is 2. The zero-order chi connectivity index (χ0) is 22.2. The summed E-state index contributed by atoms with van der Waals surface area (Å²) in [6, 6.07) is 7.63. The van der Waals surface area contributed by atoms with Gasteiger partial charge in [-0.05, 0) is 81.9 Å². The highest BCUT2D eigenvalue weighted by Crippen LogP contribution is 2.55. The fraction of sp³-hybridized carbons (Fsp3) is 0.652. The van der Waals surface area contributed by atoms with E-state index in [9.17, 15) is 9.59 Å². The van der Waals surface area contributed by atoms with Crippen molar-refractivity contribution in [1.82, 2.24) is 10.6 Å². The van der Waals surface area contributed by atoms with Gasteiger partial charge in [0.05, 0.1) is 5.88 Å². The Morgan fingerprint density at radius 2 is 1.94 bits per heavy atom. The van der Waals surface area contributed by atoms with E-state index in [1.54, 1.807) is 13.8 Å². The number of benzene rings is 1. The maximum absolute atomic E-state index is 13.2. The molecule has 1 unspecified atom stereocenters. The van der Waals surface area contributed by atoms with Crippen molar-refractivity contribution in [1.29, 1.82) is 0 Å². The minimum atomic E-state index is -0.989. The third-order valence-electron chi connectivity index (χ3n) is 6.96. The molecule has 170 valence electrons. The number of carbonyl (C=O) groups excluding carboxylic acids is 2. The number of alkyl halides is 1. The molecule has 8 heteroatoms. The monoisotopic (exact) mass is 512 g/mol. The average Bonchev–Trinajstić information content (AvgIpc) is 2.67. The summed E-state index contributed by atoms with van der Waals surface area (Å²) in [4.78, 5) is 25.4. The lowest BCUT2D eigenvalue weighted by molar-refractivity contribution is -0.139. The van der Waals surface area contributed by atoms with Crippen LogP contribution < -0.4 is 15.4 Å². The van der Waals surface area contributed by atoms with Gasteiger partial charge in [0, 0.05) is 16.1 Å². The number of rotatable bonds is 7. The first-order valence-electron chi connectivity index (χ1n) is 11.0. The van der Waals surface area contributed by atoms with Gasteiger partial charge in [-0.25, -0.2) is 4.79 Å². The molecule has 4 saturated carbocycles. The Balaban J connectivity index is 1.40. The van der Waals surface area contributed by atoms with E-state index in [2.05, 4.69) is 26.6 Å². The first kappa shape index (κ1) is 22.7. The van der Waals surface area contributed by atoms with Gasteiger partial charge >= 0.3 is 6.09 Å². The molecule has 6 nitrogen and oxygen atoms in total. The van der Waals surface area contributed by atoms with Gasteiger partial charge in [0.2, 0.25) is 0 Å². The molecule has 0 heterocycles. The predicted octanol–water partition coefficient (Wildman–Crippen LogP) is 4.64. The fourth-order valence-corrected chi connectivity index (χ4v) is 6.45. The third kappa shape index (κ3) is 4.98. The van der Waals surface area contributed by atoms with Crippen molar-refractivity contribution in [3.63, 3.8) is 0 Å². The standard InChI is InChI=1S/C23H30BrClN2O4/c1-22(2,31-18-5-3-4-17(24)10-18)20(28)26-19-15-8-14-9-16(19)13-23(11-14,12-15)27-21(29)30-7-6-25/h3-5,10,14-16,19H,6-9,11-13H2,1-2H3,(H,26,28)(H,27,29)/t14?,15-,16+,19+,23+.